The van der Waals surface area contributed by atoms with Gasteiger partial charge in [0.1, 0.15) is 11.5 Å². The highest BCUT2D eigenvalue weighted by Gasteiger charge is 2.28. The smallest absolute Gasteiger partial charge is 0.251 e. The van der Waals surface area contributed by atoms with Crippen molar-refractivity contribution in [2.24, 2.45) is 5.73 Å². The fourth-order valence-corrected chi connectivity index (χ4v) is 3.22. The van der Waals surface area contributed by atoms with Crippen LogP contribution in [0.25, 0.3) is 0 Å². The maximum atomic E-state index is 12.4. The Hall–Kier alpha value is -2.28. The van der Waals surface area contributed by atoms with Gasteiger partial charge in [-0.1, -0.05) is 0 Å². The summed E-state index contributed by atoms with van der Waals surface area (Å²) in [4.78, 5) is 25.8. The highest BCUT2D eigenvalue weighted by Crippen LogP contribution is 2.29. The topological polar surface area (TPSA) is 93.9 Å². The number of carbonyl (C=O) groups excluding carboxylic acids is 2. The molecule has 1 heterocycles. The first kappa shape index (κ1) is 19.1. The lowest BCUT2D eigenvalue weighted by Crippen LogP contribution is -2.41. The Kier molecular flexibility index (Phi) is 6.64. The molecule has 2 rings (SSSR count). The molecule has 1 saturated heterocycles. The molecule has 1 aromatic carbocycles. The molecule has 7 heteroatoms. The van der Waals surface area contributed by atoms with Gasteiger partial charge in [-0.3, -0.25) is 14.5 Å². The van der Waals surface area contributed by atoms with Gasteiger partial charge in [0, 0.05) is 24.2 Å². The van der Waals surface area contributed by atoms with Crippen molar-refractivity contribution in [2.75, 3.05) is 33.9 Å². The Labute approximate surface area is 148 Å². The molecule has 25 heavy (non-hydrogen) atoms. The number of hydrogen-bond acceptors (Lipinski definition) is 5. The molecular formula is C18H27N3O4. The van der Waals surface area contributed by atoms with E-state index in [9.17, 15) is 9.59 Å². The van der Waals surface area contributed by atoms with Gasteiger partial charge >= 0.3 is 0 Å². The molecule has 1 atom stereocenters. The van der Waals surface area contributed by atoms with Crippen LogP contribution in [-0.4, -0.2) is 56.6 Å². The summed E-state index contributed by atoms with van der Waals surface area (Å²) in [5.74, 6) is 0.793. The van der Waals surface area contributed by atoms with E-state index in [-0.39, 0.29) is 17.9 Å². The van der Waals surface area contributed by atoms with Crippen LogP contribution < -0.4 is 20.5 Å². The molecule has 1 aliphatic rings. The summed E-state index contributed by atoms with van der Waals surface area (Å²) in [7, 11) is 3.13. The molecule has 1 fully saturated rings. The van der Waals surface area contributed by atoms with Crippen LogP contribution in [0, 0.1) is 6.92 Å². The SMILES string of the molecule is COc1cc(C(=O)NCCCN2CCC[C@H]2C(N)=O)cc(OC)c1C. The van der Waals surface area contributed by atoms with Gasteiger partial charge in [-0.2, -0.15) is 0 Å². The predicted molar refractivity (Wildman–Crippen MR) is 95.0 cm³/mol. The predicted octanol–water partition coefficient (Wildman–Crippen LogP) is 1.08. The second-order valence-electron chi connectivity index (χ2n) is 6.21. The zero-order valence-corrected chi connectivity index (χ0v) is 15.1. The number of nitrogens with one attached hydrogen (secondary N) is 1. The van der Waals surface area contributed by atoms with Gasteiger partial charge < -0.3 is 20.5 Å². The molecule has 0 bridgehead atoms. The first-order valence-electron chi connectivity index (χ1n) is 8.52. The Bertz CT molecular complexity index is 608. The number of ether oxygens (including phenoxy) is 2. The van der Waals surface area contributed by atoms with Crippen molar-refractivity contribution in [3.8, 4) is 11.5 Å². The molecule has 0 aromatic heterocycles. The molecule has 0 radical (unpaired) electrons. The van der Waals surface area contributed by atoms with Crippen molar-refractivity contribution in [1.29, 1.82) is 0 Å². The van der Waals surface area contributed by atoms with Gasteiger partial charge in [-0.15, -0.1) is 0 Å². The monoisotopic (exact) mass is 349 g/mol. The average Bonchev–Trinajstić information content (AvgIpc) is 3.07. The molecule has 7 nitrogen and oxygen atoms in total. The molecule has 0 aliphatic carbocycles. The minimum absolute atomic E-state index is 0.165. The number of hydrogen-bond donors (Lipinski definition) is 2. The van der Waals surface area contributed by atoms with Crippen molar-refractivity contribution in [2.45, 2.75) is 32.2 Å². The zero-order chi connectivity index (χ0) is 18.4. The molecule has 0 unspecified atom stereocenters. The third kappa shape index (κ3) is 4.63. The second-order valence-corrected chi connectivity index (χ2v) is 6.21. The Morgan fingerprint density at radius 2 is 1.92 bits per heavy atom. The lowest BCUT2D eigenvalue weighted by Gasteiger charge is -2.21. The Morgan fingerprint density at radius 1 is 1.28 bits per heavy atom. The number of nitrogens with two attached hydrogens (primary N) is 1. The minimum atomic E-state index is -0.264. The highest BCUT2D eigenvalue weighted by molar-refractivity contribution is 5.95. The summed E-state index contributed by atoms with van der Waals surface area (Å²) in [6.45, 7) is 4.03. The fraction of sp³-hybridized carbons (Fsp3) is 0.556. The molecule has 138 valence electrons. The van der Waals surface area contributed by atoms with E-state index in [2.05, 4.69) is 10.2 Å². The van der Waals surface area contributed by atoms with E-state index in [1.54, 1.807) is 26.4 Å². The minimum Gasteiger partial charge on any atom is -0.496 e. The van der Waals surface area contributed by atoms with Crippen LogP contribution in [0.5, 0.6) is 11.5 Å². The zero-order valence-electron chi connectivity index (χ0n) is 15.1. The number of likely N-dealkylation sites (tertiary alicyclic amines) is 1. The number of primary amides is 1. The second kappa shape index (κ2) is 8.71. The number of amides is 2. The summed E-state index contributed by atoms with van der Waals surface area (Å²) < 4.78 is 10.6. The van der Waals surface area contributed by atoms with Crippen LogP contribution >= 0.6 is 0 Å². The van der Waals surface area contributed by atoms with E-state index in [4.69, 9.17) is 15.2 Å². The largest absolute Gasteiger partial charge is 0.496 e. The molecule has 2 amide bonds. The van der Waals surface area contributed by atoms with Crippen LogP contribution in [0.1, 0.15) is 35.2 Å². The van der Waals surface area contributed by atoms with Crippen molar-refractivity contribution in [3.63, 3.8) is 0 Å². The quantitative estimate of drug-likeness (QED) is 0.685. The third-order valence-corrected chi connectivity index (χ3v) is 4.61. The summed E-state index contributed by atoms with van der Waals surface area (Å²) in [5.41, 5.74) is 6.76. The van der Waals surface area contributed by atoms with Gasteiger partial charge in [0.05, 0.1) is 20.3 Å². The first-order chi connectivity index (χ1) is 12.0. The number of methoxy groups -OCH3 is 2. The van der Waals surface area contributed by atoms with E-state index in [1.165, 1.54) is 0 Å². The van der Waals surface area contributed by atoms with Crippen LogP contribution in [0.4, 0.5) is 0 Å². The number of carbonyl (C=O) groups is 2. The molecule has 1 aliphatic heterocycles. The van der Waals surface area contributed by atoms with Crippen molar-refractivity contribution in [3.05, 3.63) is 23.3 Å². The number of benzene rings is 1. The normalized spacial score (nSPS) is 17.3. The lowest BCUT2D eigenvalue weighted by molar-refractivity contribution is -0.122. The highest BCUT2D eigenvalue weighted by atomic mass is 16.5. The summed E-state index contributed by atoms with van der Waals surface area (Å²) in [5, 5.41) is 2.90. The molecule has 1 aromatic rings. The van der Waals surface area contributed by atoms with E-state index in [0.717, 1.165) is 37.9 Å². The molecule has 3 N–H and O–H groups in total. The van der Waals surface area contributed by atoms with Gasteiger partial charge in [-0.25, -0.2) is 0 Å². The summed E-state index contributed by atoms with van der Waals surface area (Å²) >= 11 is 0. The number of nitrogens with zero attached hydrogens (tertiary/aromatic N) is 1. The van der Waals surface area contributed by atoms with Gasteiger partial charge in [0.2, 0.25) is 5.91 Å². The van der Waals surface area contributed by atoms with Crippen molar-refractivity contribution in [1.82, 2.24) is 10.2 Å². The van der Waals surface area contributed by atoms with Crippen LogP contribution in [-0.2, 0) is 4.79 Å². The van der Waals surface area contributed by atoms with E-state index >= 15 is 0 Å². The van der Waals surface area contributed by atoms with Crippen molar-refractivity contribution < 1.29 is 19.1 Å². The van der Waals surface area contributed by atoms with Crippen LogP contribution in [0.15, 0.2) is 12.1 Å². The first-order valence-corrected chi connectivity index (χ1v) is 8.52. The molecule has 0 saturated carbocycles. The van der Waals surface area contributed by atoms with E-state index < -0.39 is 0 Å². The maximum Gasteiger partial charge on any atom is 0.251 e. The van der Waals surface area contributed by atoms with Crippen LogP contribution in [0.2, 0.25) is 0 Å². The van der Waals surface area contributed by atoms with E-state index in [0.29, 0.717) is 23.6 Å². The van der Waals surface area contributed by atoms with Gasteiger partial charge in [0.25, 0.3) is 5.91 Å². The lowest BCUT2D eigenvalue weighted by atomic mass is 10.1. The fourth-order valence-electron chi connectivity index (χ4n) is 3.22. The Balaban J connectivity index is 1.87. The molecular weight excluding hydrogens is 322 g/mol. The summed E-state index contributed by atoms with van der Waals surface area (Å²) in [6.07, 6.45) is 2.57. The summed E-state index contributed by atoms with van der Waals surface area (Å²) in [6, 6.07) is 3.24. The van der Waals surface area contributed by atoms with Crippen LogP contribution in [0.3, 0.4) is 0 Å². The number of rotatable bonds is 8. The molecule has 0 spiro atoms. The Morgan fingerprint density at radius 3 is 2.48 bits per heavy atom. The third-order valence-electron chi connectivity index (χ3n) is 4.61. The van der Waals surface area contributed by atoms with Gasteiger partial charge in [-0.05, 0) is 44.9 Å². The standard InChI is InChI=1S/C18H27N3O4/c1-12-15(24-2)10-13(11-16(12)25-3)18(23)20-7-5-9-21-8-4-6-14(21)17(19)22/h10-11,14H,4-9H2,1-3H3,(H2,19,22)(H,20,23)/t14-/m0/s1. The van der Waals surface area contributed by atoms with Crippen molar-refractivity contribution >= 4 is 11.8 Å². The maximum absolute atomic E-state index is 12.4. The van der Waals surface area contributed by atoms with Gasteiger partial charge in [0.15, 0.2) is 0 Å². The average molecular weight is 349 g/mol. The van der Waals surface area contributed by atoms with E-state index in [1.807, 2.05) is 6.92 Å².